The molecule has 1 aliphatic rings. The van der Waals surface area contributed by atoms with Crippen molar-refractivity contribution in [3.63, 3.8) is 0 Å². The molecule has 100 valence electrons. The Labute approximate surface area is 103 Å². The van der Waals surface area contributed by atoms with Crippen molar-refractivity contribution in [3.8, 4) is 0 Å². The predicted octanol–water partition coefficient (Wildman–Crippen LogP) is 0.139. The summed E-state index contributed by atoms with van der Waals surface area (Å²) in [5.41, 5.74) is 5.25. The molecule has 1 heterocycles. The normalized spacial score (nSPS) is 26.2. The molecule has 0 spiro atoms. The fourth-order valence-corrected chi connectivity index (χ4v) is 2.02. The zero-order chi connectivity index (χ0) is 12.9. The van der Waals surface area contributed by atoms with E-state index in [1.54, 1.807) is 7.11 Å². The molecule has 0 aromatic heterocycles. The lowest BCUT2D eigenvalue weighted by Gasteiger charge is -2.27. The molecule has 1 rings (SSSR count). The van der Waals surface area contributed by atoms with Crippen LogP contribution in [0, 0.1) is 11.8 Å². The van der Waals surface area contributed by atoms with Crippen LogP contribution in [0.1, 0.15) is 20.3 Å². The van der Waals surface area contributed by atoms with E-state index in [0.717, 1.165) is 6.42 Å². The Kier molecular flexibility index (Phi) is 5.36. The third kappa shape index (κ3) is 3.66. The summed E-state index contributed by atoms with van der Waals surface area (Å²) in [6.45, 7) is 6.10. The minimum atomic E-state index is -0.355. The molecular weight excluding hydrogens is 220 g/mol. The van der Waals surface area contributed by atoms with Gasteiger partial charge in [0.25, 0.3) is 0 Å². The number of methoxy groups -OCH3 is 1. The molecule has 0 aliphatic carbocycles. The lowest BCUT2D eigenvalue weighted by molar-refractivity contribution is -0.127. The van der Waals surface area contributed by atoms with Crippen molar-refractivity contribution in [2.75, 3.05) is 33.4 Å². The topological polar surface area (TPSA) is 73.6 Å². The summed E-state index contributed by atoms with van der Waals surface area (Å²) in [5, 5.41) is 2.92. The summed E-state index contributed by atoms with van der Waals surface area (Å²) in [6, 6.07) is 0. The molecule has 1 amide bonds. The first-order chi connectivity index (χ1) is 8.04. The van der Waals surface area contributed by atoms with Gasteiger partial charge in [0.2, 0.25) is 5.91 Å². The lowest BCUT2D eigenvalue weighted by atomic mass is 9.94. The van der Waals surface area contributed by atoms with Crippen LogP contribution < -0.4 is 11.1 Å². The number of nitrogens with one attached hydrogen (secondary N) is 1. The number of carbonyl (C=O) groups is 1. The van der Waals surface area contributed by atoms with E-state index in [9.17, 15) is 4.79 Å². The molecule has 1 saturated heterocycles. The Bertz CT molecular complexity index is 250. The second kappa shape index (κ2) is 6.33. The van der Waals surface area contributed by atoms with E-state index in [0.29, 0.717) is 26.3 Å². The Balaban J connectivity index is 2.46. The van der Waals surface area contributed by atoms with Crippen LogP contribution in [0.4, 0.5) is 0 Å². The number of hydrogen-bond acceptors (Lipinski definition) is 4. The van der Waals surface area contributed by atoms with E-state index in [4.69, 9.17) is 15.2 Å². The summed E-state index contributed by atoms with van der Waals surface area (Å²) in [5.74, 6) is 0.121. The molecule has 1 aliphatic heterocycles. The fourth-order valence-electron chi connectivity index (χ4n) is 2.02. The molecule has 0 aromatic carbocycles. The fraction of sp³-hybridized carbons (Fsp3) is 0.917. The number of hydrogen-bond donors (Lipinski definition) is 2. The Hall–Kier alpha value is -0.650. The van der Waals surface area contributed by atoms with Crippen LogP contribution in [0.25, 0.3) is 0 Å². The SMILES string of the molecule is COC1(CNC(=O)C(CN)C(C)C)CCOC1. The van der Waals surface area contributed by atoms with Crippen molar-refractivity contribution < 1.29 is 14.3 Å². The molecule has 3 N–H and O–H groups in total. The maximum atomic E-state index is 11.9. The summed E-state index contributed by atoms with van der Waals surface area (Å²) in [6.07, 6.45) is 0.818. The molecule has 5 heteroatoms. The zero-order valence-electron chi connectivity index (χ0n) is 11.0. The van der Waals surface area contributed by atoms with Crippen LogP contribution in [-0.2, 0) is 14.3 Å². The number of ether oxygens (including phenoxy) is 2. The molecular formula is C12H24N2O3. The number of carbonyl (C=O) groups excluding carboxylic acids is 1. The van der Waals surface area contributed by atoms with Crippen LogP contribution in [0.15, 0.2) is 0 Å². The molecule has 2 atom stereocenters. The highest BCUT2D eigenvalue weighted by molar-refractivity contribution is 5.79. The van der Waals surface area contributed by atoms with Gasteiger partial charge in [0, 0.05) is 33.2 Å². The van der Waals surface area contributed by atoms with Gasteiger partial charge in [-0.3, -0.25) is 4.79 Å². The smallest absolute Gasteiger partial charge is 0.224 e. The second-order valence-corrected chi connectivity index (χ2v) is 4.99. The third-order valence-electron chi connectivity index (χ3n) is 3.48. The number of amides is 1. The average Bonchev–Trinajstić information content (AvgIpc) is 2.76. The standard InChI is InChI=1S/C12H24N2O3/c1-9(2)10(6-13)11(15)14-7-12(16-3)4-5-17-8-12/h9-10H,4-8,13H2,1-3H3,(H,14,15). The first kappa shape index (κ1) is 14.4. The van der Waals surface area contributed by atoms with Gasteiger partial charge in [0.1, 0.15) is 5.60 Å². The first-order valence-corrected chi connectivity index (χ1v) is 6.15. The minimum Gasteiger partial charge on any atom is -0.378 e. The van der Waals surface area contributed by atoms with Gasteiger partial charge in [0.15, 0.2) is 0 Å². The van der Waals surface area contributed by atoms with Crippen LogP contribution in [-0.4, -0.2) is 44.9 Å². The maximum absolute atomic E-state index is 11.9. The monoisotopic (exact) mass is 244 g/mol. The third-order valence-corrected chi connectivity index (χ3v) is 3.48. The highest BCUT2D eigenvalue weighted by Crippen LogP contribution is 2.21. The number of nitrogens with two attached hydrogens (primary N) is 1. The molecule has 0 bridgehead atoms. The number of rotatable bonds is 6. The van der Waals surface area contributed by atoms with E-state index >= 15 is 0 Å². The van der Waals surface area contributed by atoms with Gasteiger partial charge in [-0.2, -0.15) is 0 Å². The van der Waals surface area contributed by atoms with Crippen molar-refractivity contribution >= 4 is 5.91 Å². The van der Waals surface area contributed by atoms with Gasteiger partial charge < -0.3 is 20.5 Å². The molecule has 17 heavy (non-hydrogen) atoms. The van der Waals surface area contributed by atoms with E-state index in [-0.39, 0.29) is 23.3 Å². The average molecular weight is 244 g/mol. The molecule has 0 radical (unpaired) electrons. The van der Waals surface area contributed by atoms with Crippen molar-refractivity contribution in [2.24, 2.45) is 17.6 Å². The van der Waals surface area contributed by atoms with Crippen molar-refractivity contribution in [1.82, 2.24) is 5.32 Å². The molecule has 0 saturated carbocycles. The van der Waals surface area contributed by atoms with Gasteiger partial charge in [-0.15, -0.1) is 0 Å². The second-order valence-electron chi connectivity index (χ2n) is 4.99. The Morgan fingerprint density at radius 1 is 1.59 bits per heavy atom. The molecule has 0 aromatic rings. The predicted molar refractivity (Wildman–Crippen MR) is 65.6 cm³/mol. The zero-order valence-corrected chi connectivity index (χ0v) is 11.0. The van der Waals surface area contributed by atoms with Crippen LogP contribution in [0.3, 0.4) is 0 Å². The van der Waals surface area contributed by atoms with Crippen molar-refractivity contribution in [1.29, 1.82) is 0 Å². The Morgan fingerprint density at radius 2 is 2.29 bits per heavy atom. The van der Waals surface area contributed by atoms with Crippen molar-refractivity contribution in [2.45, 2.75) is 25.9 Å². The van der Waals surface area contributed by atoms with Gasteiger partial charge in [0.05, 0.1) is 12.5 Å². The highest BCUT2D eigenvalue weighted by Gasteiger charge is 2.35. The first-order valence-electron chi connectivity index (χ1n) is 6.15. The van der Waals surface area contributed by atoms with E-state index in [1.807, 2.05) is 13.8 Å². The van der Waals surface area contributed by atoms with Crippen LogP contribution >= 0.6 is 0 Å². The molecule has 1 fully saturated rings. The van der Waals surface area contributed by atoms with E-state index in [2.05, 4.69) is 5.32 Å². The van der Waals surface area contributed by atoms with Crippen LogP contribution in [0.2, 0.25) is 0 Å². The highest BCUT2D eigenvalue weighted by atomic mass is 16.5. The van der Waals surface area contributed by atoms with E-state index < -0.39 is 0 Å². The quantitative estimate of drug-likeness (QED) is 0.697. The van der Waals surface area contributed by atoms with Gasteiger partial charge in [-0.1, -0.05) is 13.8 Å². The lowest BCUT2D eigenvalue weighted by Crippen LogP contribution is -2.48. The summed E-state index contributed by atoms with van der Waals surface area (Å²) in [7, 11) is 1.66. The molecule has 2 unspecified atom stereocenters. The summed E-state index contributed by atoms with van der Waals surface area (Å²) in [4.78, 5) is 11.9. The molecule has 5 nitrogen and oxygen atoms in total. The van der Waals surface area contributed by atoms with Crippen LogP contribution in [0.5, 0.6) is 0 Å². The summed E-state index contributed by atoms with van der Waals surface area (Å²) >= 11 is 0. The Morgan fingerprint density at radius 3 is 2.71 bits per heavy atom. The van der Waals surface area contributed by atoms with Gasteiger partial charge in [-0.25, -0.2) is 0 Å². The van der Waals surface area contributed by atoms with E-state index in [1.165, 1.54) is 0 Å². The van der Waals surface area contributed by atoms with Gasteiger partial charge in [-0.05, 0) is 5.92 Å². The summed E-state index contributed by atoms with van der Waals surface area (Å²) < 4.78 is 10.8. The minimum absolute atomic E-state index is 0.00539. The van der Waals surface area contributed by atoms with Crippen molar-refractivity contribution in [3.05, 3.63) is 0 Å². The largest absolute Gasteiger partial charge is 0.378 e. The maximum Gasteiger partial charge on any atom is 0.224 e. The van der Waals surface area contributed by atoms with Gasteiger partial charge >= 0.3 is 0 Å².